The van der Waals surface area contributed by atoms with E-state index in [4.69, 9.17) is 0 Å². The van der Waals surface area contributed by atoms with E-state index < -0.39 is 6.04 Å². The third-order valence-electron chi connectivity index (χ3n) is 6.37. The van der Waals surface area contributed by atoms with Gasteiger partial charge in [-0.2, -0.15) is 0 Å². The van der Waals surface area contributed by atoms with Crippen LogP contribution in [0.25, 0.3) is 0 Å². The predicted molar refractivity (Wildman–Crippen MR) is 106 cm³/mol. The van der Waals surface area contributed by atoms with Crippen LogP contribution in [0.4, 0.5) is 10.1 Å². The highest BCUT2D eigenvalue weighted by Gasteiger charge is 2.42. The standard InChI is InChI=1S/C23H27FN2O/c1-15(21-14-16-7-8-18(21)13-16)25-22(17-5-3-2-4-6-17)23(27)26-20-11-9-19(24)10-12-20/h2-6,9-12,15-16,18,21-22,25H,7-8,13-14H2,1H3,(H,26,27)/t15-,16-,18-,21-,22-/m0/s1. The Morgan fingerprint density at radius 3 is 2.41 bits per heavy atom. The Balaban J connectivity index is 1.50. The molecule has 27 heavy (non-hydrogen) atoms. The van der Waals surface area contributed by atoms with Gasteiger partial charge >= 0.3 is 0 Å². The highest BCUT2D eigenvalue weighted by molar-refractivity contribution is 5.95. The van der Waals surface area contributed by atoms with Crippen molar-refractivity contribution in [1.29, 1.82) is 0 Å². The van der Waals surface area contributed by atoms with E-state index >= 15 is 0 Å². The molecule has 0 heterocycles. The van der Waals surface area contributed by atoms with E-state index in [1.807, 2.05) is 30.3 Å². The Morgan fingerprint density at radius 2 is 1.78 bits per heavy atom. The second kappa shape index (κ2) is 7.81. The summed E-state index contributed by atoms with van der Waals surface area (Å²) in [5, 5.41) is 6.53. The summed E-state index contributed by atoms with van der Waals surface area (Å²) in [5.74, 6) is 1.91. The second-order valence-corrected chi connectivity index (χ2v) is 8.13. The van der Waals surface area contributed by atoms with E-state index in [1.54, 1.807) is 12.1 Å². The van der Waals surface area contributed by atoms with Crippen LogP contribution in [0, 0.1) is 23.6 Å². The molecule has 0 spiro atoms. The summed E-state index contributed by atoms with van der Waals surface area (Å²) >= 11 is 0. The second-order valence-electron chi connectivity index (χ2n) is 8.13. The van der Waals surface area contributed by atoms with Crippen LogP contribution < -0.4 is 10.6 Å². The lowest BCUT2D eigenvalue weighted by atomic mass is 9.83. The summed E-state index contributed by atoms with van der Waals surface area (Å²) in [7, 11) is 0. The van der Waals surface area contributed by atoms with Gasteiger partial charge in [0, 0.05) is 11.7 Å². The van der Waals surface area contributed by atoms with Crippen molar-refractivity contribution < 1.29 is 9.18 Å². The molecule has 2 bridgehead atoms. The lowest BCUT2D eigenvalue weighted by Gasteiger charge is -2.32. The van der Waals surface area contributed by atoms with Crippen molar-refractivity contribution in [3.8, 4) is 0 Å². The van der Waals surface area contributed by atoms with Crippen molar-refractivity contribution in [2.45, 2.75) is 44.7 Å². The number of rotatable bonds is 6. The maximum Gasteiger partial charge on any atom is 0.246 e. The van der Waals surface area contributed by atoms with Crippen LogP contribution in [0.5, 0.6) is 0 Å². The molecule has 1 amide bonds. The molecular formula is C23H27FN2O. The van der Waals surface area contributed by atoms with Gasteiger partial charge in [-0.3, -0.25) is 10.1 Å². The minimum absolute atomic E-state index is 0.109. The summed E-state index contributed by atoms with van der Waals surface area (Å²) in [6.45, 7) is 2.21. The zero-order valence-corrected chi connectivity index (χ0v) is 15.7. The highest BCUT2D eigenvalue weighted by atomic mass is 19.1. The molecule has 2 N–H and O–H groups in total. The van der Waals surface area contributed by atoms with Crippen molar-refractivity contribution in [3.05, 3.63) is 66.0 Å². The van der Waals surface area contributed by atoms with Crippen LogP contribution in [0.15, 0.2) is 54.6 Å². The molecule has 0 aromatic heterocycles. The minimum Gasteiger partial charge on any atom is -0.324 e. The van der Waals surface area contributed by atoms with Crippen molar-refractivity contribution in [2.75, 3.05) is 5.32 Å². The summed E-state index contributed by atoms with van der Waals surface area (Å²) in [6, 6.07) is 15.6. The largest absolute Gasteiger partial charge is 0.324 e. The van der Waals surface area contributed by atoms with Crippen molar-refractivity contribution in [3.63, 3.8) is 0 Å². The first kappa shape index (κ1) is 18.2. The van der Waals surface area contributed by atoms with Crippen LogP contribution in [-0.2, 0) is 4.79 Å². The number of halogens is 1. The van der Waals surface area contributed by atoms with Crippen molar-refractivity contribution in [1.82, 2.24) is 5.32 Å². The molecule has 2 saturated carbocycles. The Labute approximate surface area is 160 Å². The molecule has 4 rings (SSSR count). The fourth-order valence-corrected chi connectivity index (χ4v) is 5.01. The molecule has 0 aliphatic heterocycles. The number of carbonyl (C=O) groups excluding carboxylic acids is 1. The number of anilines is 1. The van der Waals surface area contributed by atoms with Crippen LogP contribution in [0.3, 0.4) is 0 Å². The highest BCUT2D eigenvalue weighted by Crippen LogP contribution is 2.49. The van der Waals surface area contributed by atoms with Crippen molar-refractivity contribution in [2.24, 2.45) is 17.8 Å². The molecule has 2 aromatic carbocycles. The molecule has 4 heteroatoms. The molecule has 2 aliphatic rings. The molecular weight excluding hydrogens is 339 g/mol. The fraction of sp³-hybridized carbons (Fsp3) is 0.435. The topological polar surface area (TPSA) is 41.1 Å². The minimum atomic E-state index is -0.426. The van der Waals surface area contributed by atoms with Gasteiger partial charge in [0.15, 0.2) is 0 Å². The number of carbonyl (C=O) groups is 1. The Kier molecular flexibility index (Phi) is 5.26. The molecule has 3 nitrogen and oxygen atoms in total. The molecule has 142 valence electrons. The first-order valence-electron chi connectivity index (χ1n) is 9.97. The van der Waals surface area contributed by atoms with E-state index in [9.17, 15) is 9.18 Å². The summed E-state index contributed by atoms with van der Waals surface area (Å²) in [4.78, 5) is 13.0. The molecule has 2 aromatic rings. The molecule has 2 fully saturated rings. The van der Waals surface area contributed by atoms with Gasteiger partial charge in [0.05, 0.1) is 0 Å². The van der Waals surface area contributed by atoms with Crippen LogP contribution in [0.2, 0.25) is 0 Å². The van der Waals surface area contributed by atoms with Gasteiger partial charge in [-0.25, -0.2) is 4.39 Å². The normalized spacial score (nSPS) is 25.9. The molecule has 0 unspecified atom stereocenters. The van der Waals surface area contributed by atoms with Gasteiger partial charge in [0.25, 0.3) is 0 Å². The fourth-order valence-electron chi connectivity index (χ4n) is 5.01. The number of hydrogen-bond donors (Lipinski definition) is 2. The maximum atomic E-state index is 13.1. The maximum absolute atomic E-state index is 13.1. The number of amides is 1. The van der Waals surface area contributed by atoms with E-state index in [2.05, 4.69) is 17.6 Å². The van der Waals surface area contributed by atoms with Gasteiger partial charge < -0.3 is 5.32 Å². The summed E-state index contributed by atoms with van der Waals surface area (Å²) in [5.41, 5.74) is 1.56. The van der Waals surface area contributed by atoms with Crippen LogP contribution >= 0.6 is 0 Å². The van der Waals surface area contributed by atoms with Gasteiger partial charge in [0.1, 0.15) is 11.9 Å². The van der Waals surface area contributed by atoms with Gasteiger partial charge in [0.2, 0.25) is 5.91 Å². The lowest BCUT2D eigenvalue weighted by Crippen LogP contribution is -2.43. The molecule has 0 saturated heterocycles. The number of nitrogens with one attached hydrogen (secondary N) is 2. The van der Waals surface area contributed by atoms with Crippen LogP contribution in [-0.4, -0.2) is 11.9 Å². The quantitative estimate of drug-likeness (QED) is 0.762. The summed E-state index contributed by atoms with van der Waals surface area (Å²) < 4.78 is 13.1. The number of hydrogen-bond acceptors (Lipinski definition) is 2. The van der Waals surface area contributed by atoms with E-state index in [0.717, 1.165) is 17.4 Å². The Bertz CT molecular complexity index is 777. The average Bonchev–Trinajstić information content (AvgIpc) is 3.32. The first-order valence-corrected chi connectivity index (χ1v) is 9.97. The first-order chi connectivity index (χ1) is 13.1. The SMILES string of the molecule is C[C@H](N[C@H](C(=O)Nc1ccc(F)cc1)c1ccccc1)[C@@H]1C[C@H]2CC[C@H]1C2. The van der Waals surface area contributed by atoms with Crippen LogP contribution in [0.1, 0.15) is 44.2 Å². The van der Waals surface area contributed by atoms with E-state index in [1.165, 1.54) is 37.8 Å². The van der Waals surface area contributed by atoms with Gasteiger partial charge in [-0.05, 0) is 73.8 Å². The van der Waals surface area contributed by atoms with Gasteiger partial charge in [-0.15, -0.1) is 0 Å². The number of fused-ring (bicyclic) bond motifs is 2. The molecule has 5 atom stereocenters. The zero-order valence-electron chi connectivity index (χ0n) is 15.7. The van der Waals surface area contributed by atoms with Crippen molar-refractivity contribution >= 4 is 11.6 Å². The Morgan fingerprint density at radius 1 is 1.04 bits per heavy atom. The van der Waals surface area contributed by atoms with Gasteiger partial charge in [-0.1, -0.05) is 36.8 Å². The molecule has 2 aliphatic carbocycles. The average molecular weight is 366 g/mol. The number of benzene rings is 2. The monoisotopic (exact) mass is 366 g/mol. The third-order valence-corrected chi connectivity index (χ3v) is 6.37. The zero-order chi connectivity index (χ0) is 18.8. The Hall–Kier alpha value is -2.20. The smallest absolute Gasteiger partial charge is 0.246 e. The summed E-state index contributed by atoms with van der Waals surface area (Å²) in [6.07, 6.45) is 5.34. The molecule has 0 radical (unpaired) electrons. The van der Waals surface area contributed by atoms with E-state index in [-0.39, 0.29) is 17.8 Å². The lowest BCUT2D eigenvalue weighted by molar-refractivity contribution is -0.118. The third kappa shape index (κ3) is 4.06. The predicted octanol–water partition coefficient (Wildman–Crippen LogP) is 4.92. The van der Waals surface area contributed by atoms with E-state index in [0.29, 0.717) is 11.6 Å².